The molecule has 0 amide bonds. The Bertz CT molecular complexity index is 445. The van der Waals surface area contributed by atoms with Crippen LogP contribution >= 0.6 is 0 Å². The number of methoxy groups -OCH3 is 1. The van der Waals surface area contributed by atoms with E-state index in [1.807, 2.05) is 0 Å². The van der Waals surface area contributed by atoms with Gasteiger partial charge in [0, 0.05) is 37.9 Å². The van der Waals surface area contributed by atoms with Crippen LogP contribution in [0.5, 0.6) is 5.88 Å². The molecule has 124 valence electrons. The Morgan fingerprint density at radius 2 is 2.18 bits per heavy atom. The standard InChI is InChI=1S/C13H22N4O2.CH2O2/c1-16(2)8-11-9-17(6-7-19-10-11)12-13(18-3)15-5-4-14-12;2-1-3/h4-5,11H,6-10H2,1-3H3;1H,(H,2,3). The van der Waals surface area contributed by atoms with Crippen molar-refractivity contribution in [3.8, 4) is 5.88 Å². The summed E-state index contributed by atoms with van der Waals surface area (Å²) in [5.41, 5.74) is 0. The molecule has 0 spiro atoms. The normalized spacial score (nSPS) is 18.2. The van der Waals surface area contributed by atoms with Gasteiger partial charge in [-0.25, -0.2) is 9.97 Å². The van der Waals surface area contributed by atoms with Crippen LogP contribution < -0.4 is 9.64 Å². The highest BCUT2D eigenvalue weighted by atomic mass is 16.5. The van der Waals surface area contributed by atoms with Crippen LogP contribution in [0.2, 0.25) is 0 Å². The smallest absolute Gasteiger partial charge is 0.290 e. The van der Waals surface area contributed by atoms with Crippen LogP contribution in [-0.4, -0.2) is 80.5 Å². The fraction of sp³-hybridized carbons (Fsp3) is 0.643. The molecule has 1 atom stereocenters. The summed E-state index contributed by atoms with van der Waals surface area (Å²) in [7, 11) is 5.79. The number of ether oxygens (including phenoxy) is 2. The third-order valence-electron chi connectivity index (χ3n) is 3.10. The number of anilines is 1. The number of hydrogen-bond donors (Lipinski definition) is 1. The summed E-state index contributed by atoms with van der Waals surface area (Å²) in [5, 5.41) is 6.89. The number of carbonyl (C=O) groups is 1. The molecule has 0 radical (unpaired) electrons. The number of aromatic nitrogens is 2. The molecule has 8 heteroatoms. The Balaban J connectivity index is 0.000000745. The Morgan fingerprint density at radius 1 is 1.50 bits per heavy atom. The zero-order chi connectivity index (χ0) is 16.4. The maximum absolute atomic E-state index is 8.36. The quantitative estimate of drug-likeness (QED) is 0.789. The van der Waals surface area contributed by atoms with Gasteiger partial charge in [0.15, 0.2) is 5.82 Å². The lowest BCUT2D eigenvalue weighted by atomic mass is 10.1. The third-order valence-corrected chi connectivity index (χ3v) is 3.10. The van der Waals surface area contributed by atoms with Crippen LogP contribution in [0.15, 0.2) is 12.4 Å². The van der Waals surface area contributed by atoms with E-state index >= 15 is 0 Å². The molecule has 1 unspecified atom stereocenters. The van der Waals surface area contributed by atoms with Crippen LogP contribution in [0.25, 0.3) is 0 Å². The second kappa shape index (κ2) is 9.91. The number of nitrogens with zero attached hydrogens (tertiary/aromatic N) is 4. The zero-order valence-corrected chi connectivity index (χ0v) is 13.3. The number of hydrogen-bond acceptors (Lipinski definition) is 7. The first kappa shape index (κ1) is 18.1. The average molecular weight is 312 g/mol. The molecule has 0 bridgehead atoms. The monoisotopic (exact) mass is 312 g/mol. The van der Waals surface area contributed by atoms with Gasteiger partial charge in [-0.2, -0.15) is 0 Å². The Hall–Kier alpha value is -1.93. The summed E-state index contributed by atoms with van der Waals surface area (Å²) in [6.07, 6.45) is 3.35. The first-order chi connectivity index (χ1) is 10.6. The van der Waals surface area contributed by atoms with Crippen molar-refractivity contribution in [1.29, 1.82) is 0 Å². The maximum Gasteiger partial charge on any atom is 0.290 e. The van der Waals surface area contributed by atoms with Crippen LogP contribution in [0, 0.1) is 5.92 Å². The summed E-state index contributed by atoms with van der Waals surface area (Å²) in [6, 6.07) is 0. The van der Waals surface area contributed by atoms with Crippen molar-refractivity contribution in [2.24, 2.45) is 5.92 Å². The van der Waals surface area contributed by atoms with Crippen molar-refractivity contribution in [2.45, 2.75) is 0 Å². The molecule has 1 aromatic rings. The van der Waals surface area contributed by atoms with E-state index in [0.29, 0.717) is 18.4 Å². The summed E-state index contributed by atoms with van der Waals surface area (Å²) in [6.45, 7) is 3.98. The van der Waals surface area contributed by atoms with Crippen molar-refractivity contribution >= 4 is 12.3 Å². The molecule has 1 aliphatic heterocycles. The van der Waals surface area contributed by atoms with Crippen LogP contribution in [0.4, 0.5) is 5.82 Å². The second-order valence-electron chi connectivity index (χ2n) is 5.14. The van der Waals surface area contributed by atoms with Crippen molar-refractivity contribution < 1.29 is 19.4 Å². The molecule has 0 aromatic carbocycles. The Morgan fingerprint density at radius 3 is 2.82 bits per heavy atom. The molecule has 0 aliphatic carbocycles. The Labute approximate surface area is 130 Å². The van der Waals surface area contributed by atoms with Crippen molar-refractivity contribution in [2.75, 3.05) is 59.0 Å². The molecular formula is C14H24N4O4. The second-order valence-corrected chi connectivity index (χ2v) is 5.14. The lowest BCUT2D eigenvalue weighted by Crippen LogP contribution is -2.35. The first-order valence-electron chi connectivity index (χ1n) is 7.02. The van der Waals surface area contributed by atoms with Crippen LogP contribution in [0.3, 0.4) is 0 Å². The molecule has 1 fully saturated rings. The van der Waals surface area contributed by atoms with Crippen LogP contribution in [0.1, 0.15) is 0 Å². The van der Waals surface area contributed by atoms with E-state index in [9.17, 15) is 0 Å². The average Bonchev–Trinajstić information content (AvgIpc) is 2.73. The van der Waals surface area contributed by atoms with Crippen molar-refractivity contribution in [3.63, 3.8) is 0 Å². The van der Waals surface area contributed by atoms with Gasteiger partial charge in [0.25, 0.3) is 12.4 Å². The predicted molar refractivity (Wildman–Crippen MR) is 82.4 cm³/mol. The minimum atomic E-state index is -0.250. The van der Waals surface area contributed by atoms with Gasteiger partial charge < -0.3 is 24.4 Å². The van der Waals surface area contributed by atoms with E-state index in [-0.39, 0.29) is 6.47 Å². The molecule has 1 aromatic heterocycles. The van der Waals surface area contributed by atoms with E-state index in [2.05, 4.69) is 33.9 Å². The Kier molecular flexibility index (Phi) is 8.16. The lowest BCUT2D eigenvalue weighted by Gasteiger charge is -2.26. The largest absolute Gasteiger partial charge is 0.483 e. The zero-order valence-electron chi connectivity index (χ0n) is 13.3. The van der Waals surface area contributed by atoms with E-state index in [4.69, 9.17) is 19.4 Å². The van der Waals surface area contributed by atoms with Gasteiger partial charge in [-0.1, -0.05) is 0 Å². The number of carboxylic acid groups (broad SMARTS) is 1. The summed E-state index contributed by atoms with van der Waals surface area (Å²) < 4.78 is 11.0. The van der Waals surface area contributed by atoms with Gasteiger partial charge in [-0.15, -0.1) is 0 Å². The highest BCUT2D eigenvalue weighted by molar-refractivity contribution is 5.47. The van der Waals surface area contributed by atoms with Crippen molar-refractivity contribution in [1.82, 2.24) is 14.9 Å². The maximum atomic E-state index is 8.36. The molecule has 0 saturated carbocycles. The summed E-state index contributed by atoms with van der Waals surface area (Å²) >= 11 is 0. The molecule has 22 heavy (non-hydrogen) atoms. The summed E-state index contributed by atoms with van der Waals surface area (Å²) in [4.78, 5) is 21.4. The molecule has 1 N–H and O–H groups in total. The highest BCUT2D eigenvalue weighted by Gasteiger charge is 2.22. The first-order valence-corrected chi connectivity index (χ1v) is 7.02. The van der Waals surface area contributed by atoms with Gasteiger partial charge >= 0.3 is 0 Å². The fourth-order valence-corrected chi connectivity index (χ4v) is 2.38. The topological polar surface area (TPSA) is 88.0 Å². The van der Waals surface area contributed by atoms with Gasteiger partial charge in [-0.3, -0.25) is 4.79 Å². The molecule has 1 aliphatic rings. The molecular weight excluding hydrogens is 288 g/mol. The summed E-state index contributed by atoms with van der Waals surface area (Å²) in [5.74, 6) is 1.84. The van der Waals surface area contributed by atoms with Crippen LogP contribution in [-0.2, 0) is 9.53 Å². The molecule has 2 heterocycles. The van der Waals surface area contributed by atoms with E-state index < -0.39 is 0 Å². The van der Waals surface area contributed by atoms with Crippen molar-refractivity contribution in [3.05, 3.63) is 12.4 Å². The van der Waals surface area contributed by atoms with E-state index in [1.165, 1.54) is 0 Å². The van der Waals surface area contributed by atoms with Gasteiger partial charge in [-0.05, 0) is 14.1 Å². The van der Waals surface area contributed by atoms with E-state index in [1.54, 1.807) is 19.5 Å². The minimum absolute atomic E-state index is 0.250. The van der Waals surface area contributed by atoms with Gasteiger partial charge in [0.1, 0.15) is 0 Å². The lowest BCUT2D eigenvalue weighted by molar-refractivity contribution is -0.122. The molecule has 8 nitrogen and oxygen atoms in total. The minimum Gasteiger partial charge on any atom is -0.483 e. The predicted octanol–water partition coefficient (Wildman–Crippen LogP) is 0.200. The molecule has 2 rings (SSSR count). The van der Waals surface area contributed by atoms with Gasteiger partial charge in [0.2, 0.25) is 0 Å². The number of rotatable bonds is 4. The fourth-order valence-electron chi connectivity index (χ4n) is 2.38. The SMILES string of the molecule is COc1nccnc1N1CCOCC(CN(C)C)C1.O=CO. The van der Waals surface area contributed by atoms with Gasteiger partial charge in [0.05, 0.1) is 20.3 Å². The molecule has 1 saturated heterocycles. The third kappa shape index (κ3) is 5.82. The van der Waals surface area contributed by atoms with E-state index in [0.717, 1.165) is 32.1 Å². The highest BCUT2D eigenvalue weighted by Crippen LogP contribution is 2.24.